The van der Waals surface area contributed by atoms with E-state index < -0.39 is 0 Å². The molecule has 0 saturated carbocycles. The van der Waals surface area contributed by atoms with Crippen molar-refractivity contribution < 1.29 is 4.79 Å². The number of amides is 1. The van der Waals surface area contributed by atoms with Crippen molar-refractivity contribution in [2.45, 2.75) is 39.3 Å². The van der Waals surface area contributed by atoms with E-state index >= 15 is 0 Å². The van der Waals surface area contributed by atoms with Crippen molar-refractivity contribution in [2.75, 3.05) is 6.54 Å². The van der Waals surface area contributed by atoms with Gasteiger partial charge in [0, 0.05) is 6.04 Å². The summed E-state index contributed by atoms with van der Waals surface area (Å²) in [5.41, 5.74) is 0. The molecule has 1 fully saturated rings. The van der Waals surface area contributed by atoms with Crippen LogP contribution in [0.2, 0.25) is 0 Å². The van der Waals surface area contributed by atoms with E-state index in [9.17, 15) is 4.79 Å². The van der Waals surface area contributed by atoms with Gasteiger partial charge in [-0.2, -0.15) is 0 Å². The van der Waals surface area contributed by atoms with Gasteiger partial charge in [-0.25, -0.2) is 0 Å². The van der Waals surface area contributed by atoms with Gasteiger partial charge < -0.3 is 10.6 Å². The molecule has 12 heavy (non-hydrogen) atoms. The molecule has 0 aromatic heterocycles. The van der Waals surface area contributed by atoms with Crippen molar-refractivity contribution in [1.82, 2.24) is 10.6 Å². The molecule has 0 aliphatic carbocycles. The van der Waals surface area contributed by atoms with E-state index in [0.29, 0.717) is 5.92 Å². The van der Waals surface area contributed by atoms with Crippen molar-refractivity contribution in [3.63, 3.8) is 0 Å². The molecule has 1 aliphatic heterocycles. The van der Waals surface area contributed by atoms with Crippen LogP contribution in [-0.4, -0.2) is 24.5 Å². The smallest absolute Gasteiger partial charge is 0.237 e. The number of nitrogens with one attached hydrogen (secondary N) is 2. The van der Waals surface area contributed by atoms with Gasteiger partial charge in [0.15, 0.2) is 0 Å². The molecule has 1 amide bonds. The largest absolute Gasteiger partial charge is 0.353 e. The molecule has 1 heterocycles. The van der Waals surface area contributed by atoms with Gasteiger partial charge in [-0.05, 0) is 32.7 Å². The van der Waals surface area contributed by atoms with Crippen LogP contribution < -0.4 is 10.6 Å². The Labute approximate surface area is 73.9 Å². The minimum absolute atomic E-state index is 0.0346. The summed E-state index contributed by atoms with van der Waals surface area (Å²) in [6.45, 7) is 7.05. The summed E-state index contributed by atoms with van der Waals surface area (Å²) in [7, 11) is 0. The fraction of sp³-hybridized carbons (Fsp3) is 0.889. The van der Waals surface area contributed by atoms with Crippen LogP contribution >= 0.6 is 0 Å². The number of carbonyl (C=O) groups excluding carboxylic acids is 1. The fourth-order valence-corrected chi connectivity index (χ4v) is 1.56. The van der Waals surface area contributed by atoms with Crippen LogP contribution in [0.5, 0.6) is 0 Å². The Morgan fingerprint density at radius 3 is 2.67 bits per heavy atom. The molecule has 70 valence electrons. The Hall–Kier alpha value is -0.570. The van der Waals surface area contributed by atoms with E-state index in [0.717, 1.165) is 13.0 Å². The maximum absolute atomic E-state index is 11.5. The Morgan fingerprint density at radius 2 is 2.25 bits per heavy atom. The minimum atomic E-state index is 0.0346. The lowest BCUT2D eigenvalue weighted by Gasteiger charge is -2.17. The van der Waals surface area contributed by atoms with Crippen molar-refractivity contribution in [3.05, 3.63) is 0 Å². The van der Waals surface area contributed by atoms with E-state index in [1.165, 1.54) is 0 Å². The van der Waals surface area contributed by atoms with Gasteiger partial charge >= 0.3 is 0 Å². The van der Waals surface area contributed by atoms with Gasteiger partial charge in [-0.3, -0.25) is 4.79 Å². The second-order valence-electron chi connectivity index (χ2n) is 3.86. The molecule has 3 nitrogen and oxygen atoms in total. The van der Waals surface area contributed by atoms with Crippen LogP contribution in [-0.2, 0) is 4.79 Å². The third kappa shape index (κ3) is 2.21. The molecule has 0 radical (unpaired) electrons. The van der Waals surface area contributed by atoms with Crippen molar-refractivity contribution in [3.8, 4) is 0 Å². The molecule has 2 atom stereocenters. The van der Waals surface area contributed by atoms with E-state index in [-0.39, 0.29) is 18.0 Å². The summed E-state index contributed by atoms with van der Waals surface area (Å²) in [6, 6.07) is 0.277. The fourth-order valence-electron chi connectivity index (χ4n) is 1.56. The first-order chi connectivity index (χ1) is 5.61. The third-order valence-electron chi connectivity index (χ3n) is 2.25. The quantitative estimate of drug-likeness (QED) is 0.634. The Kier molecular flexibility index (Phi) is 3.09. The van der Waals surface area contributed by atoms with Crippen LogP contribution in [0.1, 0.15) is 27.2 Å². The summed E-state index contributed by atoms with van der Waals surface area (Å²) in [4.78, 5) is 11.5. The Bertz CT molecular complexity index is 168. The maximum atomic E-state index is 11.5. The highest BCUT2D eigenvalue weighted by molar-refractivity contribution is 5.82. The lowest BCUT2D eigenvalue weighted by atomic mass is 10.0. The first-order valence-electron chi connectivity index (χ1n) is 4.65. The molecule has 0 aromatic rings. The third-order valence-corrected chi connectivity index (χ3v) is 2.25. The summed E-state index contributed by atoms with van der Waals surface area (Å²) < 4.78 is 0. The summed E-state index contributed by atoms with van der Waals surface area (Å²) in [5.74, 6) is 0.624. The number of carbonyl (C=O) groups is 1. The first kappa shape index (κ1) is 9.52. The van der Waals surface area contributed by atoms with Crippen LogP contribution in [0.25, 0.3) is 0 Å². The molecule has 0 spiro atoms. The summed E-state index contributed by atoms with van der Waals surface area (Å²) in [5, 5.41) is 6.11. The van der Waals surface area contributed by atoms with E-state index in [1.54, 1.807) is 0 Å². The monoisotopic (exact) mass is 170 g/mol. The number of hydrogen-bond donors (Lipinski definition) is 2. The van der Waals surface area contributed by atoms with Crippen molar-refractivity contribution in [1.29, 1.82) is 0 Å². The van der Waals surface area contributed by atoms with E-state index in [2.05, 4.69) is 17.6 Å². The SMILES string of the molecule is CC(C)NC(=O)C1NCCC1C. The van der Waals surface area contributed by atoms with Crippen molar-refractivity contribution in [2.24, 2.45) is 5.92 Å². The van der Waals surface area contributed by atoms with Crippen LogP contribution in [0.3, 0.4) is 0 Å². The van der Waals surface area contributed by atoms with Gasteiger partial charge in [0.25, 0.3) is 0 Å². The number of hydrogen-bond acceptors (Lipinski definition) is 2. The molecule has 1 rings (SSSR count). The standard InChI is InChI=1S/C9H18N2O/c1-6(2)11-9(12)8-7(3)4-5-10-8/h6-8,10H,4-5H2,1-3H3,(H,11,12). The van der Waals surface area contributed by atoms with Crippen LogP contribution in [0.4, 0.5) is 0 Å². The van der Waals surface area contributed by atoms with Crippen LogP contribution in [0, 0.1) is 5.92 Å². The molecule has 1 aliphatic rings. The van der Waals surface area contributed by atoms with E-state index in [1.807, 2.05) is 13.8 Å². The highest BCUT2D eigenvalue weighted by Crippen LogP contribution is 2.14. The minimum Gasteiger partial charge on any atom is -0.353 e. The molecule has 1 saturated heterocycles. The van der Waals surface area contributed by atoms with Crippen LogP contribution in [0.15, 0.2) is 0 Å². The zero-order valence-electron chi connectivity index (χ0n) is 8.05. The lowest BCUT2D eigenvalue weighted by molar-refractivity contribution is -0.124. The molecule has 2 N–H and O–H groups in total. The average Bonchev–Trinajstić information content (AvgIpc) is 2.33. The molecule has 3 heteroatoms. The molecular weight excluding hydrogens is 152 g/mol. The van der Waals surface area contributed by atoms with Gasteiger partial charge in [-0.15, -0.1) is 0 Å². The molecule has 0 aromatic carbocycles. The zero-order chi connectivity index (χ0) is 9.14. The summed E-state index contributed by atoms with van der Waals surface area (Å²) >= 11 is 0. The lowest BCUT2D eigenvalue weighted by Crippen LogP contribution is -2.45. The Morgan fingerprint density at radius 1 is 1.58 bits per heavy atom. The van der Waals surface area contributed by atoms with Gasteiger partial charge in [0.05, 0.1) is 6.04 Å². The Balaban J connectivity index is 2.41. The first-order valence-corrected chi connectivity index (χ1v) is 4.65. The second-order valence-corrected chi connectivity index (χ2v) is 3.86. The summed E-state index contributed by atoms with van der Waals surface area (Å²) in [6.07, 6.45) is 1.11. The number of rotatable bonds is 2. The van der Waals surface area contributed by atoms with Crippen molar-refractivity contribution >= 4 is 5.91 Å². The van der Waals surface area contributed by atoms with Gasteiger partial charge in [0.1, 0.15) is 0 Å². The molecular formula is C9H18N2O. The zero-order valence-corrected chi connectivity index (χ0v) is 8.05. The normalized spacial score (nSPS) is 29.3. The van der Waals surface area contributed by atoms with E-state index in [4.69, 9.17) is 0 Å². The molecule has 0 bridgehead atoms. The highest BCUT2D eigenvalue weighted by atomic mass is 16.2. The predicted molar refractivity (Wildman–Crippen MR) is 48.9 cm³/mol. The predicted octanol–water partition coefficient (Wildman–Crippen LogP) is 0.509. The average molecular weight is 170 g/mol. The maximum Gasteiger partial charge on any atom is 0.237 e. The second kappa shape index (κ2) is 3.90. The van der Waals surface area contributed by atoms with Gasteiger partial charge in [0.2, 0.25) is 5.91 Å². The molecule has 2 unspecified atom stereocenters. The van der Waals surface area contributed by atoms with Gasteiger partial charge in [-0.1, -0.05) is 6.92 Å². The highest BCUT2D eigenvalue weighted by Gasteiger charge is 2.29. The topological polar surface area (TPSA) is 41.1 Å².